The molecular formula is C28H27NO9. The number of anilines is 1. The summed E-state index contributed by atoms with van der Waals surface area (Å²) in [7, 11) is 2.80. The number of nitrogens with one attached hydrogen (secondary N) is 1. The van der Waals surface area contributed by atoms with Gasteiger partial charge in [0.05, 0.1) is 25.3 Å². The zero-order chi connectivity index (χ0) is 27.8. The zero-order valence-electron chi connectivity index (χ0n) is 21.2. The average molecular weight is 522 g/mol. The molecule has 198 valence electrons. The number of esters is 2. The molecule has 0 aliphatic carbocycles. The lowest BCUT2D eigenvalue weighted by molar-refractivity contribution is -0.157. The van der Waals surface area contributed by atoms with Crippen molar-refractivity contribution in [2.45, 2.75) is 26.1 Å². The van der Waals surface area contributed by atoms with E-state index in [1.54, 1.807) is 31.2 Å². The first kappa shape index (κ1) is 27.7. The Morgan fingerprint density at radius 2 is 1.26 bits per heavy atom. The third kappa shape index (κ3) is 6.88. The van der Waals surface area contributed by atoms with Gasteiger partial charge in [-0.25, -0.2) is 14.4 Å². The molecule has 0 aromatic heterocycles. The molecule has 0 bridgehead atoms. The second-order valence-corrected chi connectivity index (χ2v) is 8.26. The van der Waals surface area contributed by atoms with Crippen molar-refractivity contribution in [3.63, 3.8) is 0 Å². The van der Waals surface area contributed by atoms with Crippen molar-refractivity contribution in [2.24, 2.45) is 0 Å². The quantitative estimate of drug-likeness (QED) is 0.382. The first-order valence-corrected chi connectivity index (χ1v) is 11.4. The summed E-state index contributed by atoms with van der Waals surface area (Å²) < 4.78 is 20.7. The van der Waals surface area contributed by atoms with Crippen LogP contribution >= 0.6 is 0 Å². The fourth-order valence-electron chi connectivity index (χ4n) is 3.52. The van der Waals surface area contributed by atoms with Crippen LogP contribution in [0.15, 0.2) is 66.7 Å². The van der Waals surface area contributed by atoms with Gasteiger partial charge in [0.25, 0.3) is 5.91 Å². The van der Waals surface area contributed by atoms with Gasteiger partial charge in [0.15, 0.2) is 0 Å². The number of carboxylic acid groups (broad SMARTS) is 1. The van der Waals surface area contributed by atoms with Crippen molar-refractivity contribution in [1.82, 2.24) is 0 Å². The predicted octanol–water partition coefficient (Wildman–Crippen LogP) is 3.79. The summed E-state index contributed by atoms with van der Waals surface area (Å²) in [5, 5.41) is 12.5. The molecule has 0 saturated heterocycles. The van der Waals surface area contributed by atoms with Crippen LogP contribution in [0.4, 0.5) is 5.69 Å². The van der Waals surface area contributed by atoms with Gasteiger partial charge in [0.2, 0.25) is 12.2 Å². The van der Waals surface area contributed by atoms with Gasteiger partial charge in [-0.3, -0.25) is 4.79 Å². The Morgan fingerprint density at radius 1 is 0.737 bits per heavy atom. The Labute approximate surface area is 219 Å². The Hall–Kier alpha value is -4.86. The highest BCUT2D eigenvalue weighted by atomic mass is 16.6. The molecule has 0 radical (unpaired) electrons. The molecule has 2 N–H and O–H groups in total. The van der Waals surface area contributed by atoms with Gasteiger partial charge in [0, 0.05) is 5.69 Å². The van der Waals surface area contributed by atoms with E-state index in [1.165, 1.54) is 50.6 Å². The van der Waals surface area contributed by atoms with Gasteiger partial charge in [-0.15, -0.1) is 0 Å². The molecule has 10 nitrogen and oxygen atoms in total. The number of ether oxygens (including phenoxy) is 4. The first-order chi connectivity index (χ1) is 18.1. The van der Waals surface area contributed by atoms with Crippen molar-refractivity contribution < 1.29 is 43.2 Å². The number of hydrogen-bond acceptors (Lipinski definition) is 8. The van der Waals surface area contributed by atoms with Crippen LogP contribution in [-0.4, -0.2) is 55.3 Å². The molecule has 0 unspecified atom stereocenters. The van der Waals surface area contributed by atoms with E-state index in [2.05, 4.69) is 5.32 Å². The van der Waals surface area contributed by atoms with Gasteiger partial charge in [0.1, 0.15) is 11.5 Å². The number of aliphatic carboxylic acids is 1. The average Bonchev–Trinajstić information content (AvgIpc) is 2.91. The van der Waals surface area contributed by atoms with E-state index in [0.717, 1.165) is 5.56 Å². The van der Waals surface area contributed by atoms with E-state index in [1.807, 2.05) is 13.0 Å². The van der Waals surface area contributed by atoms with Gasteiger partial charge < -0.3 is 29.4 Å². The minimum Gasteiger partial charge on any atom is -0.497 e. The predicted molar refractivity (Wildman–Crippen MR) is 137 cm³/mol. The summed E-state index contributed by atoms with van der Waals surface area (Å²) in [5.41, 5.74) is 1.97. The zero-order valence-corrected chi connectivity index (χ0v) is 21.2. The fourth-order valence-corrected chi connectivity index (χ4v) is 3.52. The van der Waals surface area contributed by atoms with Gasteiger partial charge in [-0.05, 0) is 61.9 Å². The molecule has 3 aromatic rings. The Balaban J connectivity index is 1.95. The summed E-state index contributed by atoms with van der Waals surface area (Å²) in [6.07, 6.45) is -4.21. The minimum absolute atomic E-state index is 0.00284. The highest BCUT2D eigenvalue weighted by molar-refractivity contribution is 6.02. The smallest absolute Gasteiger partial charge is 0.349 e. The molecule has 0 spiro atoms. The number of carboxylic acids is 1. The van der Waals surface area contributed by atoms with Crippen molar-refractivity contribution >= 4 is 29.5 Å². The number of aryl methyl sites for hydroxylation is 2. The molecule has 0 heterocycles. The van der Waals surface area contributed by atoms with Crippen LogP contribution in [0.1, 0.15) is 31.8 Å². The first-order valence-electron chi connectivity index (χ1n) is 11.4. The molecular weight excluding hydrogens is 494 g/mol. The second kappa shape index (κ2) is 12.4. The van der Waals surface area contributed by atoms with Crippen LogP contribution in [0.5, 0.6) is 11.5 Å². The van der Waals surface area contributed by atoms with Crippen LogP contribution in [0, 0.1) is 13.8 Å². The minimum atomic E-state index is -2.17. The van der Waals surface area contributed by atoms with Gasteiger partial charge >= 0.3 is 17.9 Å². The van der Waals surface area contributed by atoms with Crippen LogP contribution in [0.3, 0.4) is 0 Å². The molecule has 0 aliphatic heterocycles. The van der Waals surface area contributed by atoms with E-state index in [4.69, 9.17) is 18.9 Å². The number of amides is 1. The van der Waals surface area contributed by atoms with E-state index in [0.29, 0.717) is 22.7 Å². The van der Waals surface area contributed by atoms with E-state index < -0.39 is 36.0 Å². The molecule has 1 amide bonds. The number of hydrogen-bond donors (Lipinski definition) is 2. The summed E-state index contributed by atoms with van der Waals surface area (Å²) >= 11 is 0. The number of carbonyl (C=O) groups is 4. The molecule has 38 heavy (non-hydrogen) atoms. The fraction of sp³-hybridized carbons (Fsp3) is 0.214. The summed E-state index contributed by atoms with van der Waals surface area (Å²) in [5.74, 6) is -4.10. The Bertz CT molecular complexity index is 1350. The molecule has 0 aliphatic rings. The number of methoxy groups -OCH3 is 2. The Morgan fingerprint density at radius 3 is 1.74 bits per heavy atom. The summed E-state index contributed by atoms with van der Waals surface area (Å²) in [6, 6.07) is 16.9. The highest BCUT2D eigenvalue weighted by Crippen LogP contribution is 2.21. The third-order valence-corrected chi connectivity index (χ3v) is 5.50. The SMILES string of the molecule is COc1cccc(C(=O)O[C@H](C(=O)Nc2ccc(C)cc2C)[C@@H](OC(=O)c2cccc(OC)c2)C(=O)O)c1. The van der Waals surface area contributed by atoms with Crippen molar-refractivity contribution in [1.29, 1.82) is 0 Å². The van der Waals surface area contributed by atoms with Crippen LogP contribution < -0.4 is 14.8 Å². The monoisotopic (exact) mass is 521 g/mol. The molecule has 3 rings (SSSR count). The largest absolute Gasteiger partial charge is 0.497 e. The Kier molecular flexibility index (Phi) is 9.04. The summed E-state index contributed by atoms with van der Waals surface area (Å²) in [6.45, 7) is 3.62. The number of carbonyl (C=O) groups excluding carboxylic acids is 3. The number of rotatable bonds is 10. The lowest BCUT2D eigenvalue weighted by Crippen LogP contribution is -2.48. The third-order valence-electron chi connectivity index (χ3n) is 5.50. The second-order valence-electron chi connectivity index (χ2n) is 8.26. The topological polar surface area (TPSA) is 137 Å². The maximum atomic E-state index is 13.3. The van der Waals surface area contributed by atoms with E-state index in [9.17, 15) is 24.3 Å². The standard InChI is InChI=1S/C28H27NO9/c1-16-11-12-22(17(2)13-16)29-25(30)23(37-27(33)18-7-5-9-20(14-18)35-3)24(26(31)32)38-28(34)19-8-6-10-21(15-19)36-4/h5-15,23-24H,1-4H3,(H,29,30)(H,31,32)/t23-,24+/m0/s1. The lowest BCUT2D eigenvalue weighted by Gasteiger charge is -2.24. The van der Waals surface area contributed by atoms with E-state index >= 15 is 0 Å². The molecule has 3 aromatic carbocycles. The van der Waals surface area contributed by atoms with Crippen molar-refractivity contribution in [3.05, 3.63) is 89.0 Å². The maximum Gasteiger partial charge on any atom is 0.349 e. The molecule has 0 saturated carbocycles. The molecule has 10 heteroatoms. The highest BCUT2D eigenvalue weighted by Gasteiger charge is 2.41. The van der Waals surface area contributed by atoms with Crippen molar-refractivity contribution in [3.8, 4) is 11.5 Å². The van der Waals surface area contributed by atoms with Crippen LogP contribution in [0.2, 0.25) is 0 Å². The summed E-state index contributed by atoms with van der Waals surface area (Å²) in [4.78, 5) is 51.3. The maximum absolute atomic E-state index is 13.3. The normalized spacial score (nSPS) is 12.0. The van der Waals surface area contributed by atoms with Crippen LogP contribution in [-0.2, 0) is 19.1 Å². The number of benzene rings is 3. The van der Waals surface area contributed by atoms with Crippen molar-refractivity contribution in [2.75, 3.05) is 19.5 Å². The molecule has 2 atom stereocenters. The van der Waals surface area contributed by atoms with E-state index in [-0.39, 0.29) is 11.1 Å². The molecule has 0 fully saturated rings. The van der Waals surface area contributed by atoms with Crippen LogP contribution in [0.25, 0.3) is 0 Å². The van der Waals surface area contributed by atoms with Gasteiger partial charge in [-0.2, -0.15) is 0 Å². The lowest BCUT2D eigenvalue weighted by atomic mass is 10.1. The van der Waals surface area contributed by atoms with Gasteiger partial charge in [-0.1, -0.05) is 29.8 Å².